The van der Waals surface area contributed by atoms with Crippen molar-refractivity contribution in [1.29, 1.82) is 0 Å². The third kappa shape index (κ3) is 3.09. The lowest BCUT2D eigenvalue weighted by molar-refractivity contribution is -0.124. The normalized spacial score (nSPS) is 19.4. The summed E-state index contributed by atoms with van der Waals surface area (Å²) in [5.74, 6) is 1.03. The lowest BCUT2D eigenvalue weighted by atomic mass is 9.83. The molecule has 0 bridgehead atoms. The molecule has 0 aliphatic heterocycles. The molecule has 4 nitrogen and oxygen atoms in total. The van der Waals surface area contributed by atoms with E-state index in [1.165, 1.54) is 12.7 Å². The highest BCUT2D eigenvalue weighted by molar-refractivity contribution is 5.76. The van der Waals surface area contributed by atoms with Gasteiger partial charge in [0, 0.05) is 6.42 Å². The van der Waals surface area contributed by atoms with Crippen LogP contribution in [0.4, 0.5) is 0 Å². The first-order valence-electron chi connectivity index (χ1n) is 6.11. The molecule has 1 aromatic heterocycles. The lowest BCUT2D eigenvalue weighted by Gasteiger charge is -2.26. The highest BCUT2D eigenvalue weighted by Crippen LogP contribution is 2.29. The minimum Gasteiger partial charge on any atom is -0.466 e. The van der Waals surface area contributed by atoms with Crippen molar-refractivity contribution in [3.05, 3.63) is 24.2 Å². The molecule has 2 rings (SSSR count). The van der Waals surface area contributed by atoms with E-state index in [0.29, 0.717) is 18.1 Å². The first-order chi connectivity index (χ1) is 8.08. The maximum atomic E-state index is 11.6. The minimum absolute atomic E-state index is 0.0153. The number of aliphatic hydroxyl groups is 1. The Labute approximate surface area is 101 Å². The van der Waals surface area contributed by atoms with Gasteiger partial charge in [0.2, 0.25) is 5.91 Å². The molecule has 2 N–H and O–H groups in total. The van der Waals surface area contributed by atoms with Gasteiger partial charge in [0.15, 0.2) is 0 Å². The highest BCUT2D eigenvalue weighted by atomic mass is 16.4. The van der Waals surface area contributed by atoms with Crippen LogP contribution in [-0.2, 0) is 10.4 Å². The van der Waals surface area contributed by atoms with Gasteiger partial charge in [-0.25, -0.2) is 0 Å². The number of amides is 1. The Hall–Kier alpha value is -1.29. The summed E-state index contributed by atoms with van der Waals surface area (Å²) in [4.78, 5) is 11.6. The SMILES string of the molecule is CC(O)(CNC(=O)CC1CCC1)c1ccco1. The van der Waals surface area contributed by atoms with Gasteiger partial charge in [-0.2, -0.15) is 0 Å². The van der Waals surface area contributed by atoms with Gasteiger partial charge in [0.1, 0.15) is 11.4 Å². The summed E-state index contributed by atoms with van der Waals surface area (Å²) in [7, 11) is 0. The Kier molecular flexibility index (Phi) is 3.52. The number of nitrogens with one attached hydrogen (secondary N) is 1. The van der Waals surface area contributed by atoms with Crippen molar-refractivity contribution in [3.63, 3.8) is 0 Å². The van der Waals surface area contributed by atoms with Crippen LogP contribution in [0.3, 0.4) is 0 Å². The maximum absolute atomic E-state index is 11.6. The van der Waals surface area contributed by atoms with Gasteiger partial charge in [-0.05, 0) is 37.8 Å². The van der Waals surface area contributed by atoms with E-state index in [9.17, 15) is 9.90 Å². The van der Waals surface area contributed by atoms with Crippen LogP contribution >= 0.6 is 0 Å². The lowest BCUT2D eigenvalue weighted by Crippen LogP contribution is -2.39. The Bertz CT molecular complexity index is 366. The van der Waals surface area contributed by atoms with Gasteiger partial charge in [0.05, 0.1) is 12.8 Å². The Balaban J connectivity index is 1.78. The van der Waals surface area contributed by atoms with Crippen LogP contribution in [0.1, 0.15) is 38.4 Å². The van der Waals surface area contributed by atoms with Gasteiger partial charge in [-0.1, -0.05) is 6.42 Å². The van der Waals surface area contributed by atoms with Crippen molar-refractivity contribution in [1.82, 2.24) is 5.32 Å². The molecule has 4 heteroatoms. The first-order valence-corrected chi connectivity index (χ1v) is 6.11. The van der Waals surface area contributed by atoms with E-state index in [2.05, 4.69) is 5.32 Å². The molecule has 1 atom stereocenters. The van der Waals surface area contributed by atoms with Crippen LogP contribution in [0.5, 0.6) is 0 Å². The Morgan fingerprint density at radius 3 is 2.94 bits per heavy atom. The smallest absolute Gasteiger partial charge is 0.220 e. The van der Waals surface area contributed by atoms with E-state index in [-0.39, 0.29) is 12.5 Å². The molecule has 0 aromatic carbocycles. The molecule has 0 saturated heterocycles. The zero-order chi connectivity index (χ0) is 12.3. The fourth-order valence-corrected chi connectivity index (χ4v) is 1.97. The minimum atomic E-state index is -1.14. The fraction of sp³-hybridized carbons (Fsp3) is 0.615. The molecule has 0 spiro atoms. The Morgan fingerprint density at radius 1 is 1.65 bits per heavy atom. The third-order valence-corrected chi connectivity index (χ3v) is 3.38. The van der Waals surface area contributed by atoms with Crippen molar-refractivity contribution in [2.75, 3.05) is 6.54 Å². The van der Waals surface area contributed by atoms with Crippen LogP contribution in [0, 0.1) is 5.92 Å². The topological polar surface area (TPSA) is 62.5 Å². The second kappa shape index (κ2) is 4.92. The summed E-state index contributed by atoms with van der Waals surface area (Å²) >= 11 is 0. The van der Waals surface area contributed by atoms with Crippen molar-refractivity contribution in [2.24, 2.45) is 5.92 Å². The fourth-order valence-electron chi connectivity index (χ4n) is 1.97. The molecule has 1 amide bonds. The molecule has 1 saturated carbocycles. The van der Waals surface area contributed by atoms with Gasteiger partial charge < -0.3 is 14.8 Å². The van der Waals surface area contributed by atoms with E-state index < -0.39 is 5.60 Å². The maximum Gasteiger partial charge on any atom is 0.220 e. The summed E-state index contributed by atoms with van der Waals surface area (Å²) in [6, 6.07) is 3.43. The van der Waals surface area contributed by atoms with Gasteiger partial charge in [0.25, 0.3) is 0 Å². The van der Waals surface area contributed by atoms with Gasteiger partial charge >= 0.3 is 0 Å². The molecular weight excluding hydrogens is 218 g/mol. The molecule has 1 aliphatic carbocycles. The number of hydrogen-bond acceptors (Lipinski definition) is 3. The average molecular weight is 237 g/mol. The molecule has 1 aromatic rings. The number of hydrogen-bond donors (Lipinski definition) is 2. The molecule has 1 fully saturated rings. The summed E-state index contributed by atoms with van der Waals surface area (Å²) in [6.45, 7) is 1.82. The van der Waals surface area contributed by atoms with E-state index in [0.717, 1.165) is 12.8 Å². The van der Waals surface area contributed by atoms with Crippen molar-refractivity contribution in [2.45, 2.75) is 38.2 Å². The average Bonchev–Trinajstić information content (AvgIpc) is 2.74. The van der Waals surface area contributed by atoms with Crippen LogP contribution in [0.25, 0.3) is 0 Å². The standard InChI is InChI=1S/C13H19NO3/c1-13(16,11-6-3-7-17-11)9-14-12(15)8-10-4-2-5-10/h3,6-7,10,16H,2,4-5,8-9H2,1H3,(H,14,15). The van der Waals surface area contributed by atoms with Crippen LogP contribution in [0.15, 0.2) is 22.8 Å². The third-order valence-electron chi connectivity index (χ3n) is 3.38. The first kappa shape index (κ1) is 12.2. The van der Waals surface area contributed by atoms with Gasteiger partial charge in [-0.15, -0.1) is 0 Å². The zero-order valence-corrected chi connectivity index (χ0v) is 10.1. The zero-order valence-electron chi connectivity index (χ0n) is 10.1. The second-order valence-electron chi connectivity index (χ2n) is 5.03. The summed E-state index contributed by atoms with van der Waals surface area (Å²) in [5.41, 5.74) is -1.14. The number of rotatable bonds is 5. The number of furan rings is 1. The van der Waals surface area contributed by atoms with Crippen molar-refractivity contribution >= 4 is 5.91 Å². The predicted octanol–water partition coefficient (Wildman–Crippen LogP) is 1.79. The van der Waals surface area contributed by atoms with E-state index in [4.69, 9.17) is 4.42 Å². The largest absolute Gasteiger partial charge is 0.466 e. The molecule has 1 unspecified atom stereocenters. The summed E-state index contributed by atoms with van der Waals surface area (Å²) in [5, 5.41) is 12.9. The van der Waals surface area contributed by atoms with Crippen molar-refractivity contribution in [3.8, 4) is 0 Å². The molecular formula is C13H19NO3. The summed E-state index contributed by atoms with van der Waals surface area (Å²) < 4.78 is 5.14. The predicted molar refractivity (Wildman–Crippen MR) is 63.2 cm³/mol. The number of carbonyl (C=O) groups is 1. The van der Waals surface area contributed by atoms with Crippen LogP contribution in [0.2, 0.25) is 0 Å². The monoisotopic (exact) mass is 237 g/mol. The highest BCUT2D eigenvalue weighted by Gasteiger charge is 2.27. The quantitative estimate of drug-likeness (QED) is 0.820. The number of carbonyl (C=O) groups excluding carboxylic acids is 1. The van der Waals surface area contributed by atoms with E-state index >= 15 is 0 Å². The Morgan fingerprint density at radius 2 is 2.41 bits per heavy atom. The molecule has 1 aliphatic rings. The molecule has 94 valence electrons. The van der Waals surface area contributed by atoms with E-state index in [1.54, 1.807) is 19.1 Å². The molecule has 1 heterocycles. The molecule has 0 radical (unpaired) electrons. The van der Waals surface area contributed by atoms with Crippen LogP contribution < -0.4 is 5.32 Å². The van der Waals surface area contributed by atoms with Gasteiger partial charge in [-0.3, -0.25) is 4.79 Å². The van der Waals surface area contributed by atoms with E-state index in [1.807, 2.05) is 0 Å². The van der Waals surface area contributed by atoms with Crippen LogP contribution in [-0.4, -0.2) is 17.6 Å². The molecule has 17 heavy (non-hydrogen) atoms. The van der Waals surface area contributed by atoms with Crippen molar-refractivity contribution < 1.29 is 14.3 Å². The summed E-state index contributed by atoms with van der Waals surface area (Å²) in [6.07, 6.45) is 5.64. The second-order valence-corrected chi connectivity index (χ2v) is 5.03.